The highest BCUT2D eigenvalue weighted by atomic mass is 16.5. The summed E-state index contributed by atoms with van der Waals surface area (Å²) in [5.74, 6) is -0.321. The van der Waals surface area contributed by atoms with Crippen LogP contribution >= 0.6 is 0 Å². The van der Waals surface area contributed by atoms with Gasteiger partial charge in [0.05, 0.1) is 17.7 Å². The Labute approximate surface area is 109 Å². The van der Waals surface area contributed by atoms with Crippen molar-refractivity contribution in [2.45, 2.75) is 37.8 Å². The average Bonchev–Trinajstić information content (AvgIpc) is 3.28. The van der Waals surface area contributed by atoms with Gasteiger partial charge in [-0.15, -0.1) is 0 Å². The van der Waals surface area contributed by atoms with Crippen LogP contribution in [0.5, 0.6) is 5.75 Å². The Hall–Kier alpha value is -2.04. The molecule has 0 unspecified atom stereocenters. The van der Waals surface area contributed by atoms with E-state index in [4.69, 9.17) is 9.84 Å². The number of benzene rings is 1. The molecule has 2 saturated carbocycles. The lowest BCUT2D eigenvalue weighted by molar-refractivity contribution is 0.0696. The van der Waals surface area contributed by atoms with Crippen molar-refractivity contribution >= 4 is 16.9 Å². The van der Waals surface area contributed by atoms with E-state index in [9.17, 15) is 4.79 Å². The third-order valence-electron chi connectivity index (χ3n) is 3.58. The van der Waals surface area contributed by atoms with E-state index in [0.29, 0.717) is 11.8 Å². The van der Waals surface area contributed by atoms with Crippen molar-refractivity contribution in [2.24, 2.45) is 0 Å². The molecule has 0 atom stereocenters. The maximum absolute atomic E-state index is 11.2. The van der Waals surface area contributed by atoms with E-state index in [1.54, 1.807) is 12.1 Å². The lowest BCUT2D eigenvalue weighted by Gasteiger charge is -2.06. The van der Waals surface area contributed by atoms with Gasteiger partial charge < -0.3 is 9.84 Å². The second-order valence-corrected chi connectivity index (χ2v) is 5.37. The number of aromatic nitrogens is 2. The molecule has 2 aromatic rings. The van der Waals surface area contributed by atoms with Crippen molar-refractivity contribution in [1.82, 2.24) is 9.78 Å². The van der Waals surface area contributed by atoms with Gasteiger partial charge in [0, 0.05) is 11.6 Å². The molecule has 1 heterocycles. The van der Waals surface area contributed by atoms with Crippen LogP contribution in [0.2, 0.25) is 0 Å². The summed E-state index contributed by atoms with van der Waals surface area (Å²) in [5, 5.41) is 14.6. The molecular weight excluding hydrogens is 244 g/mol. The number of carboxylic acid groups (broad SMARTS) is 1. The van der Waals surface area contributed by atoms with E-state index in [0.717, 1.165) is 36.6 Å². The highest BCUT2D eigenvalue weighted by molar-refractivity contribution is 5.96. The van der Waals surface area contributed by atoms with Crippen molar-refractivity contribution in [1.29, 1.82) is 0 Å². The van der Waals surface area contributed by atoms with Crippen molar-refractivity contribution in [3.63, 3.8) is 0 Å². The van der Waals surface area contributed by atoms with Gasteiger partial charge in [0.15, 0.2) is 0 Å². The molecule has 2 fully saturated rings. The third-order valence-corrected chi connectivity index (χ3v) is 3.58. The topological polar surface area (TPSA) is 64.3 Å². The Balaban J connectivity index is 1.85. The fraction of sp³-hybridized carbons (Fsp3) is 0.429. The minimum Gasteiger partial charge on any atom is -0.488 e. The first-order valence-corrected chi connectivity index (χ1v) is 6.63. The predicted molar refractivity (Wildman–Crippen MR) is 68.6 cm³/mol. The highest BCUT2D eigenvalue weighted by Gasteiger charge is 2.28. The number of ether oxygens (including phenoxy) is 1. The molecule has 2 aliphatic carbocycles. The summed E-state index contributed by atoms with van der Waals surface area (Å²) in [6.07, 6.45) is 6.55. The Morgan fingerprint density at radius 2 is 2.11 bits per heavy atom. The van der Waals surface area contributed by atoms with Gasteiger partial charge in [0.25, 0.3) is 0 Å². The van der Waals surface area contributed by atoms with E-state index in [1.807, 2.05) is 10.9 Å². The summed E-state index contributed by atoms with van der Waals surface area (Å²) in [6, 6.07) is 3.74. The molecule has 2 aliphatic rings. The lowest BCUT2D eigenvalue weighted by Crippen LogP contribution is -2.01. The van der Waals surface area contributed by atoms with E-state index in [1.165, 1.54) is 0 Å². The molecule has 98 valence electrons. The van der Waals surface area contributed by atoms with Gasteiger partial charge >= 0.3 is 5.97 Å². The zero-order valence-corrected chi connectivity index (χ0v) is 10.4. The fourth-order valence-electron chi connectivity index (χ4n) is 2.23. The van der Waals surface area contributed by atoms with Crippen LogP contribution in [0.15, 0.2) is 18.3 Å². The fourth-order valence-corrected chi connectivity index (χ4v) is 2.23. The smallest absolute Gasteiger partial charge is 0.335 e. The number of carbonyl (C=O) groups is 1. The summed E-state index contributed by atoms with van der Waals surface area (Å²) >= 11 is 0. The lowest BCUT2D eigenvalue weighted by atomic mass is 10.1. The van der Waals surface area contributed by atoms with Crippen LogP contribution in [0.3, 0.4) is 0 Å². The molecule has 1 aromatic heterocycles. The van der Waals surface area contributed by atoms with Gasteiger partial charge in [-0.1, -0.05) is 0 Å². The molecule has 5 nitrogen and oxygen atoms in total. The SMILES string of the molecule is O=C(O)c1cc(OC2CC2)c2nn(C3CC3)cc2c1. The molecule has 0 bridgehead atoms. The number of aromatic carboxylic acids is 1. The second kappa shape index (κ2) is 3.73. The number of nitrogens with zero attached hydrogens (tertiary/aromatic N) is 2. The zero-order chi connectivity index (χ0) is 13.0. The molecular formula is C14H14N2O3. The number of hydrogen-bond donors (Lipinski definition) is 1. The second-order valence-electron chi connectivity index (χ2n) is 5.37. The minimum absolute atomic E-state index is 0.235. The normalized spacial score (nSPS) is 18.7. The van der Waals surface area contributed by atoms with Crippen molar-refractivity contribution in [2.75, 3.05) is 0 Å². The zero-order valence-electron chi connectivity index (χ0n) is 10.4. The number of rotatable bonds is 4. The van der Waals surface area contributed by atoms with Gasteiger partial charge in [-0.25, -0.2) is 4.79 Å². The van der Waals surface area contributed by atoms with E-state index < -0.39 is 5.97 Å². The van der Waals surface area contributed by atoms with Crippen LogP contribution in [0.4, 0.5) is 0 Å². The summed E-state index contributed by atoms with van der Waals surface area (Å²) in [5.41, 5.74) is 1.04. The summed E-state index contributed by atoms with van der Waals surface area (Å²) in [6.45, 7) is 0. The molecule has 1 N–H and O–H groups in total. The molecule has 0 radical (unpaired) electrons. The van der Waals surface area contributed by atoms with Crippen molar-refractivity contribution in [3.05, 3.63) is 23.9 Å². The Morgan fingerprint density at radius 3 is 2.74 bits per heavy atom. The molecule has 0 aliphatic heterocycles. The summed E-state index contributed by atoms with van der Waals surface area (Å²) in [7, 11) is 0. The Bertz CT molecular complexity index is 669. The molecule has 0 saturated heterocycles. The van der Waals surface area contributed by atoms with Gasteiger partial charge in [-0.05, 0) is 37.8 Å². The summed E-state index contributed by atoms with van der Waals surface area (Å²) in [4.78, 5) is 11.2. The van der Waals surface area contributed by atoms with Crippen LogP contribution in [0, 0.1) is 0 Å². The first-order valence-electron chi connectivity index (χ1n) is 6.63. The average molecular weight is 258 g/mol. The minimum atomic E-state index is -0.929. The van der Waals surface area contributed by atoms with E-state index in [-0.39, 0.29) is 11.7 Å². The quantitative estimate of drug-likeness (QED) is 0.915. The molecule has 0 amide bonds. The molecule has 5 heteroatoms. The highest BCUT2D eigenvalue weighted by Crippen LogP contribution is 2.38. The van der Waals surface area contributed by atoms with Crippen LogP contribution in [0.25, 0.3) is 10.9 Å². The van der Waals surface area contributed by atoms with Gasteiger partial charge in [-0.3, -0.25) is 4.68 Å². The van der Waals surface area contributed by atoms with Crippen LogP contribution in [0.1, 0.15) is 42.1 Å². The standard InChI is InChI=1S/C14H14N2O3/c17-14(18)8-5-9-7-16(10-1-2-10)15-13(9)12(6-8)19-11-3-4-11/h5-7,10-11H,1-4H2,(H,17,18). The van der Waals surface area contributed by atoms with Crippen molar-refractivity contribution in [3.8, 4) is 5.75 Å². The molecule has 0 spiro atoms. The predicted octanol–water partition coefficient (Wildman–Crippen LogP) is 2.61. The molecule has 19 heavy (non-hydrogen) atoms. The third kappa shape index (κ3) is 1.95. The first kappa shape index (κ1) is 10.8. The number of hydrogen-bond acceptors (Lipinski definition) is 3. The largest absolute Gasteiger partial charge is 0.488 e. The Morgan fingerprint density at radius 1 is 1.32 bits per heavy atom. The van der Waals surface area contributed by atoms with Crippen LogP contribution in [-0.2, 0) is 0 Å². The summed E-state index contributed by atoms with van der Waals surface area (Å²) < 4.78 is 7.74. The van der Waals surface area contributed by atoms with Gasteiger partial charge in [-0.2, -0.15) is 5.10 Å². The van der Waals surface area contributed by atoms with Crippen LogP contribution < -0.4 is 4.74 Å². The van der Waals surface area contributed by atoms with Gasteiger partial charge in [0.1, 0.15) is 11.3 Å². The monoisotopic (exact) mass is 258 g/mol. The molecule has 4 rings (SSSR count). The van der Waals surface area contributed by atoms with E-state index in [2.05, 4.69) is 5.10 Å². The van der Waals surface area contributed by atoms with E-state index >= 15 is 0 Å². The maximum atomic E-state index is 11.2. The molecule has 1 aromatic carbocycles. The maximum Gasteiger partial charge on any atom is 0.335 e. The number of fused-ring (bicyclic) bond motifs is 1. The Kier molecular flexibility index (Phi) is 2.13. The number of carboxylic acids is 1. The first-order chi connectivity index (χ1) is 9.20. The van der Waals surface area contributed by atoms with Crippen LogP contribution in [-0.4, -0.2) is 27.0 Å². The van der Waals surface area contributed by atoms with Gasteiger partial charge in [0.2, 0.25) is 0 Å². The van der Waals surface area contributed by atoms with Crippen molar-refractivity contribution < 1.29 is 14.6 Å².